The van der Waals surface area contributed by atoms with E-state index in [4.69, 9.17) is 0 Å². The number of anilines is 1. The van der Waals surface area contributed by atoms with Crippen LogP contribution in [0.2, 0.25) is 0 Å². The normalized spacial score (nSPS) is 19.3. The summed E-state index contributed by atoms with van der Waals surface area (Å²) in [6.07, 6.45) is 2.99. The van der Waals surface area contributed by atoms with Gasteiger partial charge in [-0.25, -0.2) is 9.97 Å². The Morgan fingerprint density at radius 2 is 2.26 bits per heavy atom. The minimum Gasteiger partial charge on any atom is -0.548 e. The smallest absolute Gasteiger partial charge is 0.141 e. The first-order chi connectivity index (χ1) is 9.09. The molecule has 0 radical (unpaired) electrons. The maximum atomic E-state index is 11.2. The fourth-order valence-electron chi connectivity index (χ4n) is 2.65. The number of aliphatic carboxylic acids is 1. The molecule has 100 valence electrons. The molecule has 0 unspecified atom stereocenters. The topological polar surface area (TPSA) is 69.2 Å². The number of aryl methyl sites for hydroxylation is 2. The summed E-state index contributed by atoms with van der Waals surface area (Å²) in [6, 6.07) is -0.572. The zero-order chi connectivity index (χ0) is 13.6. The number of hydrogen-bond donors (Lipinski definition) is 0. The number of carboxylic acids is 1. The van der Waals surface area contributed by atoms with Crippen molar-refractivity contribution in [3.8, 4) is 0 Å². The maximum absolute atomic E-state index is 11.2. The van der Waals surface area contributed by atoms with Crippen molar-refractivity contribution in [2.75, 3.05) is 11.4 Å². The van der Waals surface area contributed by atoms with Gasteiger partial charge in [-0.3, -0.25) is 0 Å². The van der Waals surface area contributed by atoms with Crippen LogP contribution in [0.15, 0.2) is 6.33 Å². The van der Waals surface area contributed by atoms with Gasteiger partial charge < -0.3 is 14.8 Å². The van der Waals surface area contributed by atoms with Crippen molar-refractivity contribution < 1.29 is 9.90 Å². The van der Waals surface area contributed by atoms with E-state index in [0.717, 1.165) is 28.0 Å². The van der Waals surface area contributed by atoms with Crippen LogP contribution in [-0.2, 0) is 4.79 Å². The Morgan fingerprint density at radius 3 is 3.00 bits per heavy atom. The van der Waals surface area contributed by atoms with E-state index in [1.165, 1.54) is 11.2 Å². The first-order valence-electron chi connectivity index (χ1n) is 6.28. The summed E-state index contributed by atoms with van der Waals surface area (Å²) in [4.78, 5) is 23.8. The second-order valence-electron chi connectivity index (χ2n) is 4.83. The molecular formula is C13H14N3O2S-. The molecule has 6 heteroatoms. The molecule has 5 nitrogen and oxygen atoms in total. The van der Waals surface area contributed by atoms with Gasteiger partial charge in [0, 0.05) is 11.4 Å². The number of carboxylic acid groups (broad SMARTS) is 1. The Hall–Kier alpha value is -1.69. The number of carbonyl (C=O) groups is 1. The highest BCUT2D eigenvalue weighted by Crippen LogP contribution is 2.36. The van der Waals surface area contributed by atoms with Crippen LogP contribution in [0.25, 0.3) is 10.2 Å². The van der Waals surface area contributed by atoms with E-state index < -0.39 is 12.0 Å². The van der Waals surface area contributed by atoms with Crippen molar-refractivity contribution in [3.63, 3.8) is 0 Å². The van der Waals surface area contributed by atoms with E-state index in [2.05, 4.69) is 9.97 Å². The molecule has 1 fully saturated rings. The number of carbonyl (C=O) groups excluding carboxylic acids is 1. The lowest BCUT2D eigenvalue weighted by atomic mass is 10.2. The SMILES string of the molecule is Cc1sc2ncnc(N3CCC[C@@H]3C(=O)[O-])c2c1C. The lowest BCUT2D eigenvalue weighted by molar-refractivity contribution is -0.307. The Kier molecular flexibility index (Phi) is 2.89. The van der Waals surface area contributed by atoms with Gasteiger partial charge >= 0.3 is 0 Å². The van der Waals surface area contributed by atoms with Crippen LogP contribution in [0.5, 0.6) is 0 Å². The van der Waals surface area contributed by atoms with Crippen molar-refractivity contribution in [1.82, 2.24) is 9.97 Å². The van der Waals surface area contributed by atoms with Crippen molar-refractivity contribution in [3.05, 3.63) is 16.8 Å². The fraction of sp³-hybridized carbons (Fsp3) is 0.462. The molecule has 2 aromatic rings. The van der Waals surface area contributed by atoms with Gasteiger partial charge in [0.05, 0.1) is 17.4 Å². The van der Waals surface area contributed by atoms with Crippen LogP contribution in [0.4, 0.5) is 5.82 Å². The summed E-state index contributed by atoms with van der Waals surface area (Å²) < 4.78 is 0. The van der Waals surface area contributed by atoms with Gasteiger partial charge in [0.1, 0.15) is 17.0 Å². The minimum absolute atomic E-state index is 0.572. The summed E-state index contributed by atoms with van der Waals surface area (Å²) in [5.74, 6) is -0.285. The average Bonchev–Trinajstić information content (AvgIpc) is 2.96. The van der Waals surface area contributed by atoms with Crippen molar-refractivity contribution in [1.29, 1.82) is 0 Å². The molecule has 1 aliphatic rings. The highest BCUT2D eigenvalue weighted by atomic mass is 32.1. The van der Waals surface area contributed by atoms with E-state index in [-0.39, 0.29) is 0 Å². The molecule has 0 amide bonds. The highest BCUT2D eigenvalue weighted by Gasteiger charge is 2.29. The van der Waals surface area contributed by atoms with E-state index >= 15 is 0 Å². The monoisotopic (exact) mass is 276 g/mol. The van der Waals surface area contributed by atoms with Gasteiger partial charge in [-0.05, 0) is 32.3 Å². The summed E-state index contributed by atoms with van der Waals surface area (Å²) in [5, 5.41) is 12.2. The Bertz CT molecular complexity index is 653. The number of thiophene rings is 1. The van der Waals surface area contributed by atoms with Crippen LogP contribution >= 0.6 is 11.3 Å². The summed E-state index contributed by atoms with van der Waals surface area (Å²) in [5.41, 5.74) is 1.14. The van der Waals surface area contributed by atoms with Crippen LogP contribution < -0.4 is 10.0 Å². The van der Waals surface area contributed by atoms with Crippen molar-refractivity contribution in [2.45, 2.75) is 32.7 Å². The summed E-state index contributed by atoms with van der Waals surface area (Å²) >= 11 is 1.62. The Labute approximate surface area is 114 Å². The lowest BCUT2D eigenvalue weighted by Crippen LogP contribution is -2.44. The third kappa shape index (κ3) is 1.87. The van der Waals surface area contributed by atoms with Crippen LogP contribution in [-0.4, -0.2) is 28.5 Å². The number of hydrogen-bond acceptors (Lipinski definition) is 6. The van der Waals surface area contributed by atoms with Gasteiger partial charge in [-0.2, -0.15) is 0 Å². The molecule has 0 bridgehead atoms. The largest absolute Gasteiger partial charge is 0.548 e. The Morgan fingerprint density at radius 1 is 1.47 bits per heavy atom. The van der Waals surface area contributed by atoms with Crippen LogP contribution in [0, 0.1) is 13.8 Å². The first kappa shape index (κ1) is 12.3. The average molecular weight is 276 g/mol. The van der Waals surface area contributed by atoms with E-state index in [1.54, 1.807) is 11.3 Å². The highest BCUT2D eigenvalue weighted by molar-refractivity contribution is 7.18. The molecule has 19 heavy (non-hydrogen) atoms. The molecule has 2 aromatic heterocycles. The van der Waals surface area contributed by atoms with Crippen molar-refractivity contribution >= 4 is 33.3 Å². The first-order valence-corrected chi connectivity index (χ1v) is 7.09. The van der Waals surface area contributed by atoms with Gasteiger partial charge in [0.15, 0.2) is 0 Å². The summed E-state index contributed by atoms with van der Waals surface area (Å²) in [6.45, 7) is 4.79. The van der Waals surface area contributed by atoms with E-state index in [9.17, 15) is 9.90 Å². The number of rotatable bonds is 2. The third-order valence-corrected chi connectivity index (χ3v) is 4.86. The lowest BCUT2D eigenvalue weighted by Gasteiger charge is -2.26. The maximum Gasteiger partial charge on any atom is 0.141 e. The molecule has 0 spiro atoms. The molecule has 0 aliphatic carbocycles. The van der Waals surface area contributed by atoms with Gasteiger partial charge in [0.2, 0.25) is 0 Å². The molecule has 1 atom stereocenters. The molecule has 1 saturated heterocycles. The molecule has 1 aliphatic heterocycles. The van der Waals surface area contributed by atoms with Crippen molar-refractivity contribution in [2.24, 2.45) is 0 Å². The molecule has 3 rings (SSSR count). The number of fused-ring (bicyclic) bond motifs is 1. The quantitative estimate of drug-likeness (QED) is 0.819. The second-order valence-corrected chi connectivity index (χ2v) is 6.03. The van der Waals surface area contributed by atoms with Gasteiger partial charge in [-0.1, -0.05) is 0 Å². The molecular weight excluding hydrogens is 262 g/mol. The zero-order valence-corrected chi connectivity index (χ0v) is 11.7. The Balaban J connectivity index is 2.17. The fourth-order valence-corrected chi connectivity index (χ4v) is 3.64. The number of aromatic nitrogens is 2. The predicted molar refractivity (Wildman–Crippen MR) is 72.3 cm³/mol. The van der Waals surface area contributed by atoms with Gasteiger partial charge in [0.25, 0.3) is 0 Å². The zero-order valence-electron chi connectivity index (χ0n) is 10.8. The van der Waals surface area contributed by atoms with Crippen LogP contribution in [0.1, 0.15) is 23.3 Å². The molecule has 0 N–H and O–H groups in total. The molecule has 0 aromatic carbocycles. The van der Waals surface area contributed by atoms with Gasteiger partial charge in [-0.15, -0.1) is 11.3 Å². The molecule has 0 saturated carbocycles. The minimum atomic E-state index is -1.02. The van der Waals surface area contributed by atoms with Crippen LogP contribution in [0.3, 0.4) is 0 Å². The predicted octanol–water partition coefficient (Wildman–Crippen LogP) is 1.03. The van der Waals surface area contributed by atoms with E-state index in [1.807, 2.05) is 18.7 Å². The standard InChI is InChI=1S/C13H15N3O2S/c1-7-8(2)19-12-10(7)11(14-6-15-12)16-5-3-4-9(16)13(17)18/h6,9H,3-5H2,1-2H3,(H,17,18)/p-1/t9-/m1/s1. The molecule has 3 heterocycles. The third-order valence-electron chi connectivity index (χ3n) is 3.74. The van der Waals surface area contributed by atoms with E-state index in [0.29, 0.717) is 13.0 Å². The summed E-state index contributed by atoms with van der Waals surface area (Å²) in [7, 11) is 0. The second kappa shape index (κ2) is 4.45. The number of nitrogens with zero attached hydrogens (tertiary/aromatic N) is 3.